The van der Waals surface area contributed by atoms with E-state index < -0.39 is 0 Å². The molecule has 0 fully saturated rings. The molecule has 0 atom stereocenters. The molecule has 0 bridgehead atoms. The number of anilines is 2. The van der Waals surface area contributed by atoms with Crippen molar-refractivity contribution in [2.75, 3.05) is 17.3 Å². The molecule has 3 rings (SSSR count). The first-order valence-corrected chi connectivity index (χ1v) is 8.28. The summed E-state index contributed by atoms with van der Waals surface area (Å²) in [6, 6.07) is 13.9. The SMILES string of the molecule is Cc1ccccc1CCC(=O)Nc1ccc2c(c1)CCC(=O)N2C. The number of benzene rings is 2. The minimum absolute atomic E-state index is 0.0124. The van der Waals surface area contributed by atoms with Crippen molar-refractivity contribution >= 4 is 23.2 Å². The Morgan fingerprint density at radius 2 is 1.96 bits per heavy atom. The Labute approximate surface area is 142 Å². The molecule has 0 saturated heterocycles. The van der Waals surface area contributed by atoms with Crippen molar-refractivity contribution in [1.82, 2.24) is 0 Å². The smallest absolute Gasteiger partial charge is 0.227 e. The fourth-order valence-electron chi connectivity index (χ4n) is 3.10. The number of rotatable bonds is 4. The van der Waals surface area contributed by atoms with Crippen LogP contribution in [0, 0.1) is 6.92 Å². The van der Waals surface area contributed by atoms with E-state index in [1.807, 2.05) is 30.3 Å². The molecule has 124 valence electrons. The first kappa shape index (κ1) is 16.2. The van der Waals surface area contributed by atoms with Gasteiger partial charge in [0.2, 0.25) is 11.8 Å². The highest BCUT2D eigenvalue weighted by Crippen LogP contribution is 2.29. The highest BCUT2D eigenvalue weighted by Gasteiger charge is 2.20. The molecule has 0 radical (unpaired) electrons. The minimum Gasteiger partial charge on any atom is -0.326 e. The lowest BCUT2D eigenvalue weighted by atomic mass is 10.0. The van der Waals surface area contributed by atoms with Gasteiger partial charge >= 0.3 is 0 Å². The fraction of sp³-hybridized carbons (Fsp3) is 0.300. The largest absolute Gasteiger partial charge is 0.326 e. The molecule has 2 aromatic rings. The predicted molar refractivity (Wildman–Crippen MR) is 96.3 cm³/mol. The van der Waals surface area contributed by atoms with Gasteiger partial charge in [-0.25, -0.2) is 0 Å². The summed E-state index contributed by atoms with van der Waals surface area (Å²) >= 11 is 0. The maximum absolute atomic E-state index is 12.2. The molecular weight excluding hydrogens is 300 g/mol. The lowest BCUT2D eigenvalue weighted by molar-refractivity contribution is -0.118. The van der Waals surface area contributed by atoms with E-state index in [-0.39, 0.29) is 11.8 Å². The van der Waals surface area contributed by atoms with E-state index in [0.29, 0.717) is 12.8 Å². The van der Waals surface area contributed by atoms with Gasteiger partial charge in [-0.3, -0.25) is 9.59 Å². The Hall–Kier alpha value is -2.62. The zero-order chi connectivity index (χ0) is 17.1. The van der Waals surface area contributed by atoms with Crippen LogP contribution in [-0.4, -0.2) is 18.9 Å². The van der Waals surface area contributed by atoms with Crippen molar-refractivity contribution in [2.45, 2.75) is 32.6 Å². The number of hydrogen-bond donors (Lipinski definition) is 1. The second-order valence-corrected chi connectivity index (χ2v) is 6.27. The van der Waals surface area contributed by atoms with E-state index >= 15 is 0 Å². The third-order valence-electron chi connectivity index (χ3n) is 4.59. The molecule has 4 nitrogen and oxygen atoms in total. The van der Waals surface area contributed by atoms with Gasteiger partial charge in [-0.2, -0.15) is 0 Å². The molecule has 0 aromatic heterocycles. The summed E-state index contributed by atoms with van der Waals surface area (Å²) in [5.74, 6) is 0.149. The Morgan fingerprint density at radius 3 is 2.75 bits per heavy atom. The van der Waals surface area contributed by atoms with Gasteiger partial charge in [0.05, 0.1) is 0 Å². The van der Waals surface area contributed by atoms with Crippen LogP contribution in [0.2, 0.25) is 0 Å². The molecule has 24 heavy (non-hydrogen) atoms. The van der Waals surface area contributed by atoms with Crippen molar-refractivity contribution < 1.29 is 9.59 Å². The minimum atomic E-state index is 0.0124. The molecule has 0 aliphatic carbocycles. The second kappa shape index (κ2) is 6.87. The van der Waals surface area contributed by atoms with Gasteiger partial charge in [0.1, 0.15) is 0 Å². The van der Waals surface area contributed by atoms with Crippen LogP contribution in [0.15, 0.2) is 42.5 Å². The van der Waals surface area contributed by atoms with E-state index in [1.165, 1.54) is 11.1 Å². The van der Waals surface area contributed by atoms with Gasteiger partial charge in [-0.1, -0.05) is 24.3 Å². The maximum atomic E-state index is 12.2. The molecule has 1 N–H and O–H groups in total. The monoisotopic (exact) mass is 322 g/mol. The third kappa shape index (κ3) is 3.48. The lowest BCUT2D eigenvalue weighted by Crippen LogP contribution is -2.31. The molecule has 2 aromatic carbocycles. The number of hydrogen-bond acceptors (Lipinski definition) is 2. The van der Waals surface area contributed by atoms with Crippen LogP contribution in [0.4, 0.5) is 11.4 Å². The van der Waals surface area contributed by atoms with Crippen molar-refractivity contribution in [2.24, 2.45) is 0 Å². The molecule has 0 spiro atoms. The van der Waals surface area contributed by atoms with Crippen molar-refractivity contribution in [3.8, 4) is 0 Å². The molecule has 1 aliphatic rings. The second-order valence-electron chi connectivity index (χ2n) is 6.27. The van der Waals surface area contributed by atoms with Crippen LogP contribution < -0.4 is 10.2 Å². The number of carbonyl (C=O) groups is 2. The van der Waals surface area contributed by atoms with Gasteiger partial charge in [0, 0.05) is 31.3 Å². The van der Waals surface area contributed by atoms with E-state index in [0.717, 1.165) is 29.8 Å². The van der Waals surface area contributed by atoms with Gasteiger partial charge in [-0.15, -0.1) is 0 Å². The summed E-state index contributed by atoms with van der Waals surface area (Å²) < 4.78 is 0. The van der Waals surface area contributed by atoms with Gasteiger partial charge in [-0.05, 0) is 54.7 Å². The lowest BCUT2D eigenvalue weighted by Gasteiger charge is -2.26. The van der Waals surface area contributed by atoms with Crippen molar-refractivity contribution in [3.63, 3.8) is 0 Å². The fourth-order valence-corrected chi connectivity index (χ4v) is 3.10. The molecule has 1 aliphatic heterocycles. The highest BCUT2D eigenvalue weighted by atomic mass is 16.2. The van der Waals surface area contributed by atoms with Crippen LogP contribution >= 0.6 is 0 Å². The average Bonchev–Trinajstić information content (AvgIpc) is 2.57. The van der Waals surface area contributed by atoms with Gasteiger partial charge < -0.3 is 10.2 Å². The Balaban J connectivity index is 1.63. The summed E-state index contributed by atoms with van der Waals surface area (Å²) in [5, 5.41) is 2.97. The van der Waals surface area contributed by atoms with Crippen LogP contribution in [0.5, 0.6) is 0 Å². The molecule has 0 saturated carbocycles. The standard InChI is InChI=1S/C20H22N2O2/c1-14-5-3-4-6-15(14)7-11-19(23)21-17-9-10-18-16(13-17)8-12-20(24)22(18)2/h3-6,9-10,13H,7-8,11-12H2,1-2H3,(H,21,23). The number of amides is 2. The summed E-state index contributed by atoms with van der Waals surface area (Å²) in [6.07, 6.45) is 2.45. The summed E-state index contributed by atoms with van der Waals surface area (Å²) in [4.78, 5) is 25.6. The summed E-state index contributed by atoms with van der Waals surface area (Å²) in [6.45, 7) is 2.06. The number of aryl methyl sites for hydroxylation is 3. The normalized spacial score (nSPS) is 13.6. The van der Waals surface area contributed by atoms with Gasteiger partial charge in [0.15, 0.2) is 0 Å². The Morgan fingerprint density at radius 1 is 1.17 bits per heavy atom. The molecule has 2 amide bonds. The Bertz CT molecular complexity index is 783. The van der Waals surface area contributed by atoms with Crippen LogP contribution in [0.25, 0.3) is 0 Å². The van der Waals surface area contributed by atoms with E-state index in [2.05, 4.69) is 24.4 Å². The summed E-state index contributed by atoms with van der Waals surface area (Å²) in [7, 11) is 1.79. The number of nitrogens with one attached hydrogen (secondary N) is 1. The number of carbonyl (C=O) groups excluding carboxylic acids is 2. The molecule has 0 unspecified atom stereocenters. The zero-order valence-electron chi connectivity index (χ0n) is 14.1. The first-order valence-electron chi connectivity index (χ1n) is 8.28. The maximum Gasteiger partial charge on any atom is 0.227 e. The number of fused-ring (bicyclic) bond motifs is 1. The van der Waals surface area contributed by atoms with Gasteiger partial charge in [0.25, 0.3) is 0 Å². The van der Waals surface area contributed by atoms with Crippen LogP contribution in [0.1, 0.15) is 29.5 Å². The van der Waals surface area contributed by atoms with E-state index in [1.54, 1.807) is 11.9 Å². The number of nitrogens with zero attached hydrogens (tertiary/aromatic N) is 1. The zero-order valence-corrected chi connectivity index (χ0v) is 14.1. The highest BCUT2D eigenvalue weighted by molar-refractivity contribution is 5.97. The van der Waals surface area contributed by atoms with Crippen LogP contribution in [0.3, 0.4) is 0 Å². The molecule has 4 heteroatoms. The summed E-state index contributed by atoms with van der Waals surface area (Å²) in [5.41, 5.74) is 5.26. The Kier molecular flexibility index (Phi) is 4.65. The third-order valence-corrected chi connectivity index (χ3v) is 4.59. The van der Waals surface area contributed by atoms with Crippen LogP contribution in [-0.2, 0) is 22.4 Å². The molecule has 1 heterocycles. The quantitative estimate of drug-likeness (QED) is 0.937. The van der Waals surface area contributed by atoms with E-state index in [4.69, 9.17) is 0 Å². The topological polar surface area (TPSA) is 49.4 Å². The average molecular weight is 322 g/mol. The molecular formula is C20H22N2O2. The van der Waals surface area contributed by atoms with E-state index in [9.17, 15) is 9.59 Å². The predicted octanol–water partition coefficient (Wildman–Crippen LogP) is 3.48. The first-order chi connectivity index (χ1) is 11.5. The van der Waals surface area contributed by atoms with Crippen molar-refractivity contribution in [1.29, 1.82) is 0 Å². The van der Waals surface area contributed by atoms with Crippen molar-refractivity contribution in [3.05, 3.63) is 59.2 Å².